The van der Waals surface area contributed by atoms with Crippen molar-refractivity contribution in [3.63, 3.8) is 0 Å². The summed E-state index contributed by atoms with van der Waals surface area (Å²) >= 11 is 0. The molecule has 2 fully saturated rings. The predicted molar refractivity (Wildman–Crippen MR) is 110 cm³/mol. The number of aliphatic hydroxyl groups excluding tert-OH is 1. The fourth-order valence-corrected chi connectivity index (χ4v) is 3.34. The van der Waals surface area contributed by atoms with Crippen LogP contribution in [0.3, 0.4) is 0 Å². The summed E-state index contributed by atoms with van der Waals surface area (Å²) in [7, 11) is 0. The third-order valence-electron chi connectivity index (χ3n) is 5.10. The first kappa shape index (κ1) is 17.9. The van der Waals surface area contributed by atoms with Crippen LogP contribution < -0.4 is 20.4 Å². The fraction of sp³-hybridized carbons (Fsp3) is 0.500. The van der Waals surface area contributed by atoms with E-state index in [4.69, 9.17) is 10.1 Å². The highest BCUT2D eigenvalue weighted by Crippen LogP contribution is 2.29. The van der Waals surface area contributed by atoms with E-state index in [9.17, 15) is 0 Å². The standard InChI is InChI=1S/C20H28N6O/c27-13-8-21-18-14-19(24-20(23-18)22-15-16-6-7-16)26-11-9-25(10-12-26)17-4-2-1-3-5-17/h1-5,14,16,27H,6-13,15H2,(H2,21,22,23,24). The maximum Gasteiger partial charge on any atom is 0.226 e. The zero-order chi connectivity index (χ0) is 18.5. The lowest BCUT2D eigenvalue weighted by atomic mass is 10.2. The van der Waals surface area contributed by atoms with Crippen molar-refractivity contribution in [3.8, 4) is 0 Å². The van der Waals surface area contributed by atoms with Crippen molar-refractivity contribution in [3.05, 3.63) is 36.4 Å². The van der Waals surface area contributed by atoms with Gasteiger partial charge in [0.15, 0.2) is 0 Å². The fourth-order valence-electron chi connectivity index (χ4n) is 3.34. The van der Waals surface area contributed by atoms with E-state index in [2.05, 4.69) is 55.7 Å². The Balaban J connectivity index is 1.44. The molecule has 0 spiro atoms. The molecule has 7 nitrogen and oxygen atoms in total. The summed E-state index contributed by atoms with van der Waals surface area (Å²) in [6, 6.07) is 12.5. The van der Waals surface area contributed by atoms with Crippen LogP contribution >= 0.6 is 0 Å². The van der Waals surface area contributed by atoms with Gasteiger partial charge in [0.05, 0.1) is 6.61 Å². The van der Waals surface area contributed by atoms with Crippen LogP contribution in [0.15, 0.2) is 36.4 Å². The maximum atomic E-state index is 9.10. The normalized spacial score (nSPS) is 17.1. The van der Waals surface area contributed by atoms with Gasteiger partial charge in [-0.25, -0.2) is 0 Å². The first-order valence-electron chi connectivity index (χ1n) is 9.84. The molecule has 1 aromatic carbocycles. The molecule has 2 heterocycles. The Bertz CT molecular complexity index is 729. The van der Waals surface area contributed by atoms with Gasteiger partial charge in [0, 0.05) is 51.0 Å². The van der Waals surface area contributed by atoms with Crippen LogP contribution in [0.4, 0.5) is 23.3 Å². The summed E-state index contributed by atoms with van der Waals surface area (Å²) < 4.78 is 0. The van der Waals surface area contributed by atoms with Gasteiger partial charge in [-0.2, -0.15) is 9.97 Å². The van der Waals surface area contributed by atoms with E-state index in [1.807, 2.05) is 6.07 Å². The van der Waals surface area contributed by atoms with Gasteiger partial charge < -0.3 is 25.5 Å². The van der Waals surface area contributed by atoms with E-state index < -0.39 is 0 Å². The van der Waals surface area contributed by atoms with Gasteiger partial charge in [0.25, 0.3) is 0 Å². The van der Waals surface area contributed by atoms with Gasteiger partial charge in [-0.1, -0.05) is 18.2 Å². The van der Waals surface area contributed by atoms with E-state index in [1.54, 1.807) is 0 Å². The Morgan fingerprint density at radius 2 is 1.70 bits per heavy atom. The average Bonchev–Trinajstić information content (AvgIpc) is 3.56. The topological polar surface area (TPSA) is 76.6 Å². The Hall–Kier alpha value is -2.54. The lowest BCUT2D eigenvalue weighted by Gasteiger charge is -2.36. The van der Waals surface area contributed by atoms with Gasteiger partial charge in [0.2, 0.25) is 5.95 Å². The highest BCUT2D eigenvalue weighted by atomic mass is 16.3. The second-order valence-corrected chi connectivity index (χ2v) is 7.22. The third-order valence-corrected chi connectivity index (χ3v) is 5.10. The SMILES string of the molecule is OCCNc1cc(N2CCN(c3ccccc3)CC2)nc(NCC2CC2)n1. The number of anilines is 4. The average molecular weight is 368 g/mol. The summed E-state index contributed by atoms with van der Waals surface area (Å²) in [4.78, 5) is 14.0. The minimum absolute atomic E-state index is 0.0833. The highest BCUT2D eigenvalue weighted by molar-refractivity contribution is 5.55. The molecule has 0 bridgehead atoms. The Morgan fingerprint density at radius 3 is 2.41 bits per heavy atom. The molecule has 3 N–H and O–H groups in total. The molecule has 27 heavy (non-hydrogen) atoms. The van der Waals surface area contributed by atoms with Crippen molar-refractivity contribution >= 4 is 23.3 Å². The first-order chi connectivity index (χ1) is 13.3. The molecule has 1 saturated heterocycles. The third kappa shape index (κ3) is 4.80. The lowest BCUT2D eigenvalue weighted by molar-refractivity contribution is 0.311. The van der Waals surface area contributed by atoms with Crippen LogP contribution in [-0.2, 0) is 0 Å². The number of nitrogens with zero attached hydrogens (tertiary/aromatic N) is 4. The van der Waals surface area contributed by atoms with Gasteiger partial charge >= 0.3 is 0 Å². The van der Waals surface area contributed by atoms with Crippen LogP contribution in [0.5, 0.6) is 0 Å². The highest BCUT2D eigenvalue weighted by Gasteiger charge is 2.22. The van der Waals surface area contributed by atoms with Crippen LogP contribution in [0, 0.1) is 5.92 Å². The quantitative estimate of drug-likeness (QED) is 0.658. The molecule has 144 valence electrons. The molecule has 0 atom stereocenters. The molecule has 1 saturated carbocycles. The number of aromatic nitrogens is 2. The number of nitrogens with one attached hydrogen (secondary N) is 2. The predicted octanol–water partition coefficient (Wildman–Crippen LogP) is 2.03. The van der Waals surface area contributed by atoms with Crippen molar-refractivity contribution in [1.82, 2.24) is 9.97 Å². The molecule has 7 heteroatoms. The van der Waals surface area contributed by atoms with E-state index >= 15 is 0 Å². The largest absolute Gasteiger partial charge is 0.395 e. The number of benzene rings is 1. The summed E-state index contributed by atoms with van der Waals surface area (Å²) in [6.07, 6.45) is 2.59. The van der Waals surface area contributed by atoms with Gasteiger partial charge in [-0.15, -0.1) is 0 Å². The summed E-state index contributed by atoms with van der Waals surface area (Å²) in [5.74, 6) is 3.14. The number of aliphatic hydroxyl groups is 1. The first-order valence-corrected chi connectivity index (χ1v) is 9.84. The molecule has 1 aromatic heterocycles. The molecule has 1 aliphatic carbocycles. The van der Waals surface area contributed by atoms with Gasteiger partial charge in [0.1, 0.15) is 11.6 Å². The van der Waals surface area contributed by atoms with E-state index in [0.29, 0.717) is 12.5 Å². The Kier molecular flexibility index (Phi) is 5.58. The minimum atomic E-state index is 0.0833. The Morgan fingerprint density at radius 1 is 0.963 bits per heavy atom. The molecule has 0 amide bonds. The number of para-hydroxylation sites is 1. The second-order valence-electron chi connectivity index (χ2n) is 7.22. The van der Waals surface area contributed by atoms with Crippen molar-refractivity contribution in [2.75, 3.05) is 66.3 Å². The monoisotopic (exact) mass is 368 g/mol. The molecule has 0 radical (unpaired) electrons. The van der Waals surface area contributed by atoms with Crippen LogP contribution in [-0.4, -0.2) is 60.9 Å². The molecule has 0 unspecified atom stereocenters. The van der Waals surface area contributed by atoms with E-state index in [1.165, 1.54) is 18.5 Å². The summed E-state index contributed by atoms with van der Waals surface area (Å²) in [5, 5.41) is 15.6. The number of rotatable bonds is 8. The molecular formula is C20H28N6O. The van der Waals surface area contributed by atoms with Crippen molar-refractivity contribution in [1.29, 1.82) is 0 Å². The molecule has 2 aliphatic rings. The molecule has 2 aromatic rings. The van der Waals surface area contributed by atoms with Crippen LogP contribution in [0.2, 0.25) is 0 Å². The summed E-state index contributed by atoms with van der Waals surface area (Å²) in [6.45, 7) is 5.29. The van der Waals surface area contributed by atoms with Crippen LogP contribution in [0.25, 0.3) is 0 Å². The number of piperazine rings is 1. The summed E-state index contributed by atoms with van der Waals surface area (Å²) in [5.41, 5.74) is 1.27. The zero-order valence-electron chi connectivity index (χ0n) is 15.6. The van der Waals surface area contributed by atoms with Crippen molar-refractivity contribution < 1.29 is 5.11 Å². The number of hydrogen-bond acceptors (Lipinski definition) is 7. The van der Waals surface area contributed by atoms with Gasteiger partial charge in [-0.3, -0.25) is 0 Å². The lowest BCUT2D eigenvalue weighted by Crippen LogP contribution is -2.46. The van der Waals surface area contributed by atoms with Gasteiger partial charge in [-0.05, 0) is 30.9 Å². The maximum absolute atomic E-state index is 9.10. The van der Waals surface area contributed by atoms with E-state index in [0.717, 1.165) is 50.3 Å². The molecular weight excluding hydrogens is 340 g/mol. The smallest absolute Gasteiger partial charge is 0.226 e. The van der Waals surface area contributed by atoms with Crippen LogP contribution in [0.1, 0.15) is 12.8 Å². The minimum Gasteiger partial charge on any atom is -0.395 e. The van der Waals surface area contributed by atoms with E-state index in [-0.39, 0.29) is 6.61 Å². The number of hydrogen-bond donors (Lipinski definition) is 3. The van der Waals surface area contributed by atoms with Crippen molar-refractivity contribution in [2.45, 2.75) is 12.8 Å². The second kappa shape index (κ2) is 8.43. The van der Waals surface area contributed by atoms with Crippen molar-refractivity contribution in [2.24, 2.45) is 5.92 Å². The Labute approximate surface area is 160 Å². The molecule has 1 aliphatic heterocycles. The molecule has 4 rings (SSSR count). The zero-order valence-corrected chi connectivity index (χ0v) is 15.6.